The van der Waals surface area contributed by atoms with Crippen molar-refractivity contribution in [2.75, 3.05) is 11.1 Å². The number of carbonyl (C=O) groups is 1. The average Bonchev–Trinajstić information content (AvgIpc) is 3.23. The minimum atomic E-state index is -0.265. The SMILES string of the molecule is CCn1c(SCC(=O)Nc2ccccc2C#N)nc2c(-c3ccc(C)cc3)csc2c1=O. The van der Waals surface area contributed by atoms with Gasteiger partial charge in [0, 0.05) is 17.5 Å². The van der Waals surface area contributed by atoms with Crippen molar-refractivity contribution < 1.29 is 4.79 Å². The number of thiophene rings is 1. The Morgan fingerprint density at radius 2 is 1.97 bits per heavy atom. The van der Waals surface area contributed by atoms with Gasteiger partial charge in [0.25, 0.3) is 5.56 Å². The van der Waals surface area contributed by atoms with Crippen LogP contribution in [-0.2, 0) is 11.3 Å². The molecular weight excluding hydrogens is 440 g/mol. The van der Waals surface area contributed by atoms with Crippen molar-refractivity contribution >= 4 is 44.9 Å². The first-order valence-corrected chi connectivity index (χ1v) is 11.9. The zero-order valence-electron chi connectivity index (χ0n) is 17.6. The Kier molecular flexibility index (Phi) is 6.40. The first-order chi connectivity index (χ1) is 15.5. The molecule has 0 aliphatic heterocycles. The van der Waals surface area contributed by atoms with Crippen molar-refractivity contribution in [1.82, 2.24) is 9.55 Å². The van der Waals surface area contributed by atoms with Crippen LogP contribution in [0.15, 0.2) is 63.9 Å². The van der Waals surface area contributed by atoms with Crippen LogP contribution in [0.2, 0.25) is 0 Å². The molecule has 0 atom stereocenters. The van der Waals surface area contributed by atoms with Crippen molar-refractivity contribution in [2.24, 2.45) is 0 Å². The van der Waals surface area contributed by atoms with Crippen LogP contribution in [0.1, 0.15) is 18.1 Å². The second-order valence-electron chi connectivity index (χ2n) is 7.13. The van der Waals surface area contributed by atoms with Crippen LogP contribution in [0.4, 0.5) is 5.69 Å². The average molecular weight is 461 g/mol. The highest BCUT2D eigenvalue weighted by Gasteiger charge is 2.17. The predicted molar refractivity (Wildman–Crippen MR) is 130 cm³/mol. The molecular formula is C24H20N4O2S2. The summed E-state index contributed by atoms with van der Waals surface area (Å²) in [7, 11) is 0. The highest BCUT2D eigenvalue weighted by atomic mass is 32.2. The van der Waals surface area contributed by atoms with Crippen LogP contribution in [0.25, 0.3) is 21.3 Å². The van der Waals surface area contributed by atoms with E-state index in [9.17, 15) is 14.9 Å². The van der Waals surface area contributed by atoms with Crippen LogP contribution in [0.3, 0.4) is 0 Å². The summed E-state index contributed by atoms with van der Waals surface area (Å²) in [6.45, 7) is 4.37. The van der Waals surface area contributed by atoms with Crippen LogP contribution < -0.4 is 10.9 Å². The molecule has 4 rings (SSSR count). The Bertz CT molecular complexity index is 1400. The first-order valence-electron chi connectivity index (χ1n) is 10.0. The minimum absolute atomic E-state index is 0.0711. The largest absolute Gasteiger partial charge is 0.324 e. The van der Waals surface area contributed by atoms with E-state index in [4.69, 9.17) is 4.98 Å². The number of aryl methyl sites for hydroxylation is 1. The Balaban J connectivity index is 1.64. The van der Waals surface area contributed by atoms with Crippen molar-refractivity contribution in [2.45, 2.75) is 25.5 Å². The number of amides is 1. The fourth-order valence-corrected chi connectivity index (χ4v) is 5.13. The number of rotatable bonds is 6. The van der Waals surface area contributed by atoms with Gasteiger partial charge in [0.05, 0.1) is 22.5 Å². The van der Waals surface area contributed by atoms with Gasteiger partial charge in [0.2, 0.25) is 5.91 Å². The van der Waals surface area contributed by atoms with Crippen LogP contribution in [0, 0.1) is 18.3 Å². The number of nitrogens with one attached hydrogen (secondary N) is 1. The van der Waals surface area contributed by atoms with Crippen molar-refractivity contribution in [1.29, 1.82) is 5.26 Å². The number of nitrogens with zero attached hydrogens (tertiary/aromatic N) is 3. The summed E-state index contributed by atoms with van der Waals surface area (Å²) in [5.41, 5.74) is 4.51. The standard InChI is InChI=1S/C24H20N4O2S2/c1-3-28-23(30)22-21(18(13-31-22)16-10-8-15(2)9-11-16)27-24(28)32-14-20(29)26-19-7-5-4-6-17(19)12-25/h4-11,13H,3,14H2,1-2H3,(H,26,29). The third-order valence-electron chi connectivity index (χ3n) is 4.98. The van der Waals surface area contributed by atoms with E-state index in [1.165, 1.54) is 23.1 Å². The van der Waals surface area contributed by atoms with E-state index >= 15 is 0 Å². The summed E-state index contributed by atoms with van der Waals surface area (Å²) in [6.07, 6.45) is 0. The number of aromatic nitrogens is 2. The molecule has 2 aromatic carbocycles. The number of anilines is 1. The quantitative estimate of drug-likeness (QED) is 0.321. The lowest BCUT2D eigenvalue weighted by Gasteiger charge is -2.11. The van der Waals surface area contributed by atoms with Gasteiger partial charge in [-0.15, -0.1) is 11.3 Å². The van der Waals surface area contributed by atoms with Gasteiger partial charge in [-0.25, -0.2) is 4.98 Å². The van der Waals surface area contributed by atoms with Gasteiger partial charge in [0.1, 0.15) is 10.8 Å². The number of benzene rings is 2. The molecule has 0 unspecified atom stereocenters. The first kappa shape index (κ1) is 21.8. The Morgan fingerprint density at radius 3 is 2.69 bits per heavy atom. The molecule has 0 aliphatic rings. The van der Waals surface area contributed by atoms with Gasteiger partial charge >= 0.3 is 0 Å². The lowest BCUT2D eigenvalue weighted by molar-refractivity contribution is -0.113. The number of thioether (sulfide) groups is 1. The number of para-hydroxylation sites is 1. The van der Waals surface area contributed by atoms with E-state index in [1.807, 2.05) is 43.5 Å². The molecule has 8 heteroatoms. The van der Waals surface area contributed by atoms with Crippen molar-refractivity contribution in [3.63, 3.8) is 0 Å². The lowest BCUT2D eigenvalue weighted by atomic mass is 10.1. The molecule has 4 aromatic rings. The summed E-state index contributed by atoms with van der Waals surface area (Å²) < 4.78 is 2.21. The van der Waals surface area contributed by atoms with Crippen LogP contribution >= 0.6 is 23.1 Å². The second-order valence-corrected chi connectivity index (χ2v) is 8.95. The van der Waals surface area contributed by atoms with Crippen LogP contribution in [0.5, 0.6) is 0 Å². The maximum absolute atomic E-state index is 13.1. The summed E-state index contributed by atoms with van der Waals surface area (Å²) in [5, 5.41) is 14.4. The maximum atomic E-state index is 13.1. The number of hydrogen-bond acceptors (Lipinski definition) is 6. The Morgan fingerprint density at radius 1 is 1.22 bits per heavy atom. The molecule has 0 spiro atoms. The van der Waals surface area contributed by atoms with E-state index in [2.05, 4.69) is 11.4 Å². The molecule has 0 aliphatic carbocycles. The summed E-state index contributed by atoms with van der Waals surface area (Å²) in [4.78, 5) is 30.4. The lowest BCUT2D eigenvalue weighted by Crippen LogP contribution is -2.23. The van der Waals surface area contributed by atoms with Crippen molar-refractivity contribution in [3.05, 3.63) is 75.4 Å². The molecule has 0 bridgehead atoms. The molecule has 1 N–H and O–H groups in total. The molecule has 0 fully saturated rings. The Hall–Kier alpha value is -3.41. The smallest absolute Gasteiger partial charge is 0.272 e. The van der Waals surface area contributed by atoms with E-state index in [0.717, 1.165) is 16.7 Å². The fraction of sp³-hybridized carbons (Fsp3) is 0.167. The minimum Gasteiger partial charge on any atom is -0.324 e. The molecule has 1 amide bonds. The van der Waals surface area contributed by atoms with Gasteiger partial charge in [0.15, 0.2) is 5.16 Å². The summed E-state index contributed by atoms with van der Waals surface area (Å²) >= 11 is 2.61. The third kappa shape index (κ3) is 4.31. The molecule has 32 heavy (non-hydrogen) atoms. The van der Waals surface area contributed by atoms with E-state index in [0.29, 0.717) is 33.2 Å². The van der Waals surface area contributed by atoms with Gasteiger partial charge < -0.3 is 5.32 Å². The molecule has 0 radical (unpaired) electrons. The van der Waals surface area contributed by atoms with E-state index in [1.54, 1.807) is 28.8 Å². The summed E-state index contributed by atoms with van der Waals surface area (Å²) in [5.74, 6) is -0.194. The van der Waals surface area contributed by atoms with Gasteiger partial charge in [-0.2, -0.15) is 5.26 Å². The summed E-state index contributed by atoms with van der Waals surface area (Å²) in [6, 6.07) is 17.0. The number of nitriles is 1. The third-order valence-corrected chi connectivity index (χ3v) is 6.91. The van der Waals surface area contributed by atoms with E-state index in [-0.39, 0.29) is 17.2 Å². The molecule has 0 saturated carbocycles. The molecule has 2 aromatic heterocycles. The number of carbonyl (C=O) groups excluding carboxylic acids is 1. The molecule has 6 nitrogen and oxygen atoms in total. The monoisotopic (exact) mass is 460 g/mol. The fourth-order valence-electron chi connectivity index (χ4n) is 3.31. The van der Waals surface area contributed by atoms with Crippen molar-refractivity contribution in [3.8, 4) is 17.2 Å². The highest BCUT2D eigenvalue weighted by Crippen LogP contribution is 2.32. The van der Waals surface area contributed by atoms with Gasteiger partial charge in [-0.1, -0.05) is 53.7 Å². The normalized spacial score (nSPS) is 10.8. The molecule has 0 saturated heterocycles. The Labute approximate surface area is 193 Å². The van der Waals surface area contributed by atoms with Gasteiger partial charge in [-0.05, 0) is 31.5 Å². The number of fused-ring (bicyclic) bond motifs is 1. The second kappa shape index (κ2) is 9.39. The predicted octanol–water partition coefficient (Wildman–Crippen LogP) is 5.06. The molecule has 2 heterocycles. The maximum Gasteiger partial charge on any atom is 0.272 e. The molecule has 160 valence electrons. The highest BCUT2D eigenvalue weighted by molar-refractivity contribution is 7.99. The zero-order chi connectivity index (χ0) is 22.7. The van der Waals surface area contributed by atoms with Crippen LogP contribution in [-0.4, -0.2) is 21.2 Å². The van der Waals surface area contributed by atoms with Gasteiger partial charge in [-0.3, -0.25) is 14.2 Å². The zero-order valence-corrected chi connectivity index (χ0v) is 19.2. The topological polar surface area (TPSA) is 87.8 Å². The number of hydrogen-bond donors (Lipinski definition) is 1. The van der Waals surface area contributed by atoms with E-state index < -0.39 is 0 Å².